The Bertz CT molecular complexity index is 423. The quantitative estimate of drug-likeness (QED) is 0.726. The third-order valence-corrected chi connectivity index (χ3v) is 3.57. The van der Waals surface area contributed by atoms with Crippen LogP contribution in [0.2, 0.25) is 0 Å². The van der Waals surface area contributed by atoms with Crippen molar-refractivity contribution < 1.29 is 9.47 Å². The molecule has 0 amide bonds. The van der Waals surface area contributed by atoms with Crippen molar-refractivity contribution in [3.63, 3.8) is 0 Å². The van der Waals surface area contributed by atoms with Crippen LogP contribution in [-0.2, 0) is 4.74 Å². The summed E-state index contributed by atoms with van der Waals surface area (Å²) in [4.78, 5) is 0. The first-order valence-corrected chi connectivity index (χ1v) is 7.91. The van der Waals surface area contributed by atoms with Crippen molar-refractivity contribution >= 4 is 0 Å². The van der Waals surface area contributed by atoms with Gasteiger partial charge in [0.2, 0.25) is 0 Å². The first-order chi connectivity index (χ1) is 9.74. The van der Waals surface area contributed by atoms with Gasteiger partial charge < -0.3 is 15.2 Å². The lowest BCUT2D eigenvalue weighted by molar-refractivity contribution is -0.0613. The molecule has 0 aliphatic carbocycles. The third kappa shape index (κ3) is 6.06. The van der Waals surface area contributed by atoms with E-state index in [1.807, 2.05) is 26.0 Å². The zero-order valence-corrected chi connectivity index (χ0v) is 14.3. The second kappa shape index (κ2) is 7.81. The van der Waals surface area contributed by atoms with E-state index < -0.39 is 0 Å². The summed E-state index contributed by atoms with van der Waals surface area (Å²) in [6.07, 6.45) is 0.827. The average Bonchev–Trinajstić information content (AvgIpc) is 2.35. The largest absolute Gasteiger partial charge is 0.465 e. The summed E-state index contributed by atoms with van der Waals surface area (Å²) in [6, 6.07) is 8.23. The summed E-state index contributed by atoms with van der Waals surface area (Å²) >= 11 is 0. The number of nitrogens with two attached hydrogens (primary N) is 1. The molecule has 0 spiro atoms. The minimum Gasteiger partial charge on any atom is -0.465 e. The predicted octanol–water partition coefficient (Wildman–Crippen LogP) is 4.31. The van der Waals surface area contributed by atoms with Gasteiger partial charge in [-0.3, -0.25) is 0 Å². The molecule has 1 rings (SSSR count). The van der Waals surface area contributed by atoms with E-state index in [2.05, 4.69) is 39.8 Å². The lowest BCUT2D eigenvalue weighted by Gasteiger charge is -2.32. The Morgan fingerprint density at radius 2 is 1.86 bits per heavy atom. The number of hydrogen-bond donors (Lipinski definition) is 1. The first-order valence-electron chi connectivity index (χ1n) is 7.91. The van der Waals surface area contributed by atoms with Crippen molar-refractivity contribution in [3.05, 3.63) is 29.8 Å². The molecule has 3 heteroatoms. The molecule has 21 heavy (non-hydrogen) atoms. The molecule has 0 saturated heterocycles. The molecule has 0 saturated carbocycles. The SMILES string of the molecule is CCOC(C)Oc1cccc(C(CC(C)C)C(C)(C)N)c1. The van der Waals surface area contributed by atoms with Crippen LogP contribution >= 0.6 is 0 Å². The number of rotatable bonds is 8. The number of hydrogen-bond acceptors (Lipinski definition) is 3. The van der Waals surface area contributed by atoms with Gasteiger partial charge in [0.25, 0.3) is 0 Å². The number of ether oxygens (including phenoxy) is 2. The molecule has 2 N–H and O–H groups in total. The van der Waals surface area contributed by atoms with Gasteiger partial charge in [0.1, 0.15) is 5.75 Å². The fourth-order valence-electron chi connectivity index (χ4n) is 2.61. The normalized spacial score (nSPS) is 15.0. The highest BCUT2D eigenvalue weighted by atomic mass is 16.7. The van der Waals surface area contributed by atoms with Gasteiger partial charge in [-0.25, -0.2) is 0 Å². The van der Waals surface area contributed by atoms with Crippen LogP contribution in [-0.4, -0.2) is 18.4 Å². The molecule has 120 valence electrons. The summed E-state index contributed by atoms with van der Waals surface area (Å²) in [7, 11) is 0. The monoisotopic (exact) mass is 293 g/mol. The van der Waals surface area contributed by atoms with Gasteiger partial charge >= 0.3 is 0 Å². The maximum atomic E-state index is 6.39. The molecule has 1 aromatic rings. The highest BCUT2D eigenvalue weighted by molar-refractivity contribution is 5.32. The summed E-state index contributed by atoms with van der Waals surface area (Å²) in [5, 5.41) is 0. The van der Waals surface area contributed by atoms with Crippen molar-refractivity contribution in [2.45, 2.75) is 65.7 Å². The zero-order valence-electron chi connectivity index (χ0n) is 14.3. The lowest BCUT2D eigenvalue weighted by Crippen LogP contribution is -2.40. The Morgan fingerprint density at radius 1 is 1.19 bits per heavy atom. The lowest BCUT2D eigenvalue weighted by atomic mass is 9.77. The van der Waals surface area contributed by atoms with Crippen LogP contribution < -0.4 is 10.5 Å². The van der Waals surface area contributed by atoms with E-state index in [4.69, 9.17) is 15.2 Å². The van der Waals surface area contributed by atoms with Crippen molar-refractivity contribution in [3.8, 4) is 5.75 Å². The van der Waals surface area contributed by atoms with E-state index in [0.29, 0.717) is 18.4 Å². The molecule has 3 nitrogen and oxygen atoms in total. The van der Waals surface area contributed by atoms with E-state index in [1.165, 1.54) is 5.56 Å². The van der Waals surface area contributed by atoms with Crippen LogP contribution in [0.5, 0.6) is 5.75 Å². The number of benzene rings is 1. The van der Waals surface area contributed by atoms with Crippen LogP contribution in [0.4, 0.5) is 0 Å². The van der Waals surface area contributed by atoms with Gasteiger partial charge in [-0.2, -0.15) is 0 Å². The zero-order chi connectivity index (χ0) is 16.0. The van der Waals surface area contributed by atoms with E-state index in [-0.39, 0.29) is 11.8 Å². The van der Waals surface area contributed by atoms with Crippen molar-refractivity contribution in [2.24, 2.45) is 11.7 Å². The van der Waals surface area contributed by atoms with E-state index in [1.54, 1.807) is 0 Å². The molecule has 0 fully saturated rings. The van der Waals surface area contributed by atoms with Crippen LogP contribution in [0.25, 0.3) is 0 Å². The molecule has 0 radical (unpaired) electrons. The highest BCUT2D eigenvalue weighted by Gasteiger charge is 2.27. The summed E-state index contributed by atoms with van der Waals surface area (Å²) in [6.45, 7) is 13.2. The van der Waals surface area contributed by atoms with Gasteiger partial charge in [-0.1, -0.05) is 26.0 Å². The van der Waals surface area contributed by atoms with Crippen molar-refractivity contribution in [1.82, 2.24) is 0 Å². The van der Waals surface area contributed by atoms with Crippen LogP contribution in [0.3, 0.4) is 0 Å². The Kier molecular flexibility index (Phi) is 6.69. The minimum absolute atomic E-state index is 0.236. The average molecular weight is 293 g/mol. The Hall–Kier alpha value is -1.06. The molecule has 0 aliphatic rings. The van der Waals surface area contributed by atoms with Gasteiger partial charge in [-0.05, 0) is 57.7 Å². The van der Waals surface area contributed by atoms with E-state index >= 15 is 0 Å². The molecule has 2 unspecified atom stereocenters. The van der Waals surface area contributed by atoms with Crippen molar-refractivity contribution in [2.75, 3.05) is 6.61 Å². The molecule has 0 heterocycles. The molecule has 0 aromatic heterocycles. The molecule has 2 atom stereocenters. The van der Waals surface area contributed by atoms with Crippen LogP contribution in [0, 0.1) is 5.92 Å². The molecule has 0 bridgehead atoms. The molecular formula is C18H31NO2. The minimum atomic E-state index is -0.256. The summed E-state index contributed by atoms with van der Waals surface area (Å²) in [5.41, 5.74) is 7.37. The topological polar surface area (TPSA) is 44.5 Å². The fourth-order valence-corrected chi connectivity index (χ4v) is 2.61. The smallest absolute Gasteiger partial charge is 0.196 e. The maximum absolute atomic E-state index is 6.39. The standard InChI is InChI=1S/C18H31NO2/c1-7-20-14(4)21-16-10-8-9-15(12-16)17(11-13(2)3)18(5,6)19/h8-10,12-14,17H,7,11,19H2,1-6H3. The van der Waals surface area contributed by atoms with Gasteiger partial charge in [0, 0.05) is 18.1 Å². The maximum Gasteiger partial charge on any atom is 0.196 e. The second-order valence-electron chi connectivity index (χ2n) is 6.72. The van der Waals surface area contributed by atoms with Crippen LogP contribution in [0.15, 0.2) is 24.3 Å². The third-order valence-electron chi connectivity index (χ3n) is 3.57. The van der Waals surface area contributed by atoms with Gasteiger partial charge in [-0.15, -0.1) is 0 Å². The first kappa shape index (κ1) is 18.0. The van der Waals surface area contributed by atoms with Crippen molar-refractivity contribution in [1.29, 1.82) is 0 Å². The fraction of sp³-hybridized carbons (Fsp3) is 0.667. The Balaban J connectivity index is 2.94. The van der Waals surface area contributed by atoms with Gasteiger partial charge in [0.05, 0.1) is 0 Å². The summed E-state index contributed by atoms with van der Waals surface area (Å²) in [5.74, 6) is 1.75. The summed E-state index contributed by atoms with van der Waals surface area (Å²) < 4.78 is 11.2. The van der Waals surface area contributed by atoms with Crippen LogP contribution in [0.1, 0.15) is 59.4 Å². The Morgan fingerprint density at radius 3 is 2.38 bits per heavy atom. The molecule has 1 aromatic carbocycles. The second-order valence-corrected chi connectivity index (χ2v) is 6.72. The van der Waals surface area contributed by atoms with E-state index in [0.717, 1.165) is 12.2 Å². The van der Waals surface area contributed by atoms with Gasteiger partial charge in [0.15, 0.2) is 6.29 Å². The predicted molar refractivity (Wildman–Crippen MR) is 88.6 cm³/mol. The Labute approximate surface area is 129 Å². The molecule has 0 aliphatic heterocycles. The van der Waals surface area contributed by atoms with E-state index in [9.17, 15) is 0 Å². The molecular weight excluding hydrogens is 262 g/mol. The highest BCUT2D eigenvalue weighted by Crippen LogP contribution is 2.34.